The van der Waals surface area contributed by atoms with E-state index in [9.17, 15) is 9.59 Å². The fraction of sp³-hybridized carbons (Fsp3) is 0.312. The van der Waals surface area contributed by atoms with Crippen molar-refractivity contribution in [3.05, 3.63) is 45.9 Å². The molecule has 0 aliphatic heterocycles. The lowest BCUT2D eigenvalue weighted by molar-refractivity contribution is -0.137. The minimum absolute atomic E-state index is 0.0783. The fourth-order valence-electron chi connectivity index (χ4n) is 1.97. The van der Waals surface area contributed by atoms with Gasteiger partial charge < -0.3 is 14.7 Å². The quantitative estimate of drug-likeness (QED) is 0.840. The van der Waals surface area contributed by atoms with E-state index in [1.807, 2.05) is 24.3 Å². The summed E-state index contributed by atoms with van der Waals surface area (Å²) in [6.07, 6.45) is 0.561. The van der Waals surface area contributed by atoms with Crippen molar-refractivity contribution in [2.45, 2.75) is 12.8 Å². The van der Waals surface area contributed by atoms with Gasteiger partial charge in [-0.15, -0.1) is 11.3 Å². The molecule has 1 heterocycles. The van der Waals surface area contributed by atoms with Gasteiger partial charge in [-0.25, -0.2) is 4.98 Å². The second kappa shape index (κ2) is 7.73. The molecule has 0 bridgehead atoms. The first-order chi connectivity index (χ1) is 11.0. The largest absolute Gasteiger partial charge is 0.497 e. The first-order valence-electron chi connectivity index (χ1n) is 7.04. The van der Waals surface area contributed by atoms with Crippen LogP contribution < -0.4 is 4.74 Å². The average molecular weight is 334 g/mol. The van der Waals surface area contributed by atoms with Gasteiger partial charge in [0.1, 0.15) is 11.4 Å². The molecule has 1 aromatic heterocycles. The molecule has 122 valence electrons. The van der Waals surface area contributed by atoms with E-state index in [0.29, 0.717) is 12.1 Å². The predicted octanol–water partition coefficient (Wildman–Crippen LogP) is 2.29. The third-order valence-electron chi connectivity index (χ3n) is 3.29. The standard InChI is InChI=1S/C16H18N2O4S/c1-18(8-7-15(19)20)16(21)13-10-23-14(17-13)9-11-3-5-12(22-2)6-4-11/h3-6,10H,7-9H2,1-2H3,(H,19,20). The number of carboxylic acids is 1. The van der Waals surface area contributed by atoms with Crippen LogP contribution in [0.15, 0.2) is 29.6 Å². The van der Waals surface area contributed by atoms with Crippen molar-refractivity contribution in [2.24, 2.45) is 0 Å². The Morgan fingerprint density at radius 2 is 2.00 bits per heavy atom. The van der Waals surface area contributed by atoms with E-state index in [1.165, 1.54) is 16.2 Å². The van der Waals surface area contributed by atoms with Crippen LogP contribution in [-0.4, -0.2) is 47.6 Å². The Morgan fingerprint density at radius 1 is 1.30 bits per heavy atom. The number of methoxy groups -OCH3 is 1. The molecular formula is C16H18N2O4S. The van der Waals surface area contributed by atoms with Crippen molar-refractivity contribution in [1.29, 1.82) is 0 Å². The van der Waals surface area contributed by atoms with Crippen molar-refractivity contribution in [1.82, 2.24) is 9.88 Å². The van der Waals surface area contributed by atoms with Crippen LogP contribution in [0.25, 0.3) is 0 Å². The lowest BCUT2D eigenvalue weighted by Crippen LogP contribution is -2.29. The molecule has 0 aliphatic rings. The number of aliphatic carboxylic acids is 1. The molecule has 0 saturated carbocycles. The van der Waals surface area contributed by atoms with Crippen LogP contribution in [-0.2, 0) is 11.2 Å². The summed E-state index contributed by atoms with van der Waals surface area (Å²) in [5.41, 5.74) is 1.43. The van der Waals surface area contributed by atoms with E-state index in [0.717, 1.165) is 16.3 Å². The summed E-state index contributed by atoms with van der Waals surface area (Å²) in [5.74, 6) is -0.393. The fourth-order valence-corrected chi connectivity index (χ4v) is 2.77. The van der Waals surface area contributed by atoms with Gasteiger partial charge in [-0.05, 0) is 17.7 Å². The molecule has 0 radical (unpaired) electrons. The lowest BCUT2D eigenvalue weighted by atomic mass is 10.1. The maximum absolute atomic E-state index is 12.2. The summed E-state index contributed by atoms with van der Waals surface area (Å²) in [7, 11) is 3.20. The zero-order valence-electron chi connectivity index (χ0n) is 13.0. The third-order valence-corrected chi connectivity index (χ3v) is 4.14. The maximum atomic E-state index is 12.2. The number of carbonyl (C=O) groups excluding carboxylic acids is 1. The Labute approximate surface area is 138 Å². The van der Waals surface area contributed by atoms with Crippen molar-refractivity contribution < 1.29 is 19.4 Å². The molecule has 1 N–H and O–H groups in total. The van der Waals surface area contributed by atoms with E-state index < -0.39 is 5.97 Å². The van der Waals surface area contributed by atoms with Gasteiger partial charge in [0.2, 0.25) is 0 Å². The molecule has 0 spiro atoms. The highest BCUT2D eigenvalue weighted by Gasteiger charge is 2.16. The second-order valence-electron chi connectivity index (χ2n) is 5.02. The summed E-state index contributed by atoms with van der Waals surface area (Å²) < 4.78 is 5.12. The maximum Gasteiger partial charge on any atom is 0.305 e. The van der Waals surface area contributed by atoms with Crippen molar-refractivity contribution in [3.8, 4) is 5.75 Å². The molecule has 23 heavy (non-hydrogen) atoms. The highest BCUT2D eigenvalue weighted by Crippen LogP contribution is 2.18. The molecule has 1 amide bonds. The molecule has 7 heteroatoms. The molecule has 2 rings (SSSR count). The molecule has 0 unspecified atom stereocenters. The Bertz CT molecular complexity index is 682. The van der Waals surface area contributed by atoms with Gasteiger partial charge in [-0.1, -0.05) is 12.1 Å². The number of carbonyl (C=O) groups is 2. The number of thiazole rings is 1. The Balaban J connectivity index is 1.98. The smallest absolute Gasteiger partial charge is 0.305 e. The van der Waals surface area contributed by atoms with E-state index >= 15 is 0 Å². The number of ether oxygens (including phenoxy) is 1. The number of aromatic nitrogens is 1. The lowest BCUT2D eigenvalue weighted by Gasteiger charge is -2.14. The number of rotatable bonds is 7. The van der Waals surface area contributed by atoms with Gasteiger partial charge in [0, 0.05) is 25.4 Å². The van der Waals surface area contributed by atoms with Gasteiger partial charge >= 0.3 is 5.97 Å². The van der Waals surface area contributed by atoms with Crippen LogP contribution in [0.4, 0.5) is 0 Å². The van der Waals surface area contributed by atoms with Crippen LogP contribution >= 0.6 is 11.3 Å². The van der Waals surface area contributed by atoms with Crippen LogP contribution in [0, 0.1) is 0 Å². The van der Waals surface area contributed by atoms with Gasteiger partial charge in [-0.2, -0.15) is 0 Å². The van der Waals surface area contributed by atoms with E-state index in [-0.39, 0.29) is 18.9 Å². The van der Waals surface area contributed by atoms with Crippen molar-refractivity contribution in [2.75, 3.05) is 20.7 Å². The molecule has 6 nitrogen and oxygen atoms in total. The monoisotopic (exact) mass is 334 g/mol. The minimum Gasteiger partial charge on any atom is -0.497 e. The van der Waals surface area contributed by atoms with E-state index in [4.69, 9.17) is 9.84 Å². The van der Waals surface area contributed by atoms with Crippen molar-refractivity contribution >= 4 is 23.2 Å². The number of amides is 1. The molecule has 0 atom stereocenters. The Hall–Kier alpha value is -2.41. The number of hydrogen-bond donors (Lipinski definition) is 1. The highest BCUT2D eigenvalue weighted by atomic mass is 32.1. The van der Waals surface area contributed by atoms with Gasteiger partial charge in [0.05, 0.1) is 18.5 Å². The number of hydrogen-bond acceptors (Lipinski definition) is 5. The summed E-state index contributed by atoms with van der Waals surface area (Å²) in [6, 6.07) is 7.69. The van der Waals surface area contributed by atoms with Gasteiger partial charge in [0.15, 0.2) is 0 Å². The predicted molar refractivity (Wildman–Crippen MR) is 87.1 cm³/mol. The topological polar surface area (TPSA) is 79.7 Å². The first kappa shape index (κ1) is 17.0. The number of carboxylic acid groups (broad SMARTS) is 1. The summed E-state index contributed by atoms with van der Waals surface area (Å²) in [5, 5.41) is 11.2. The molecular weight excluding hydrogens is 316 g/mol. The first-order valence-corrected chi connectivity index (χ1v) is 7.92. The normalized spacial score (nSPS) is 10.3. The number of benzene rings is 1. The SMILES string of the molecule is COc1ccc(Cc2nc(C(=O)N(C)CCC(=O)O)cs2)cc1. The van der Waals surface area contributed by atoms with E-state index in [1.54, 1.807) is 19.5 Å². The number of nitrogens with zero attached hydrogens (tertiary/aromatic N) is 2. The summed E-state index contributed by atoms with van der Waals surface area (Å²) in [4.78, 5) is 28.4. The minimum atomic E-state index is -0.928. The zero-order chi connectivity index (χ0) is 16.8. The Kier molecular flexibility index (Phi) is 5.70. The second-order valence-corrected chi connectivity index (χ2v) is 5.96. The Morgan fingerprint density at radius 3 is 2.61 bits per heavy atom. The molecule has 1 aromatic carbocycles. The van der Waals surface area contributed by atoms with Gasteiger partial charge in [0.25, 0.3) is 5.91 Å². The summed E-state index contributed by atoms with van der Waals surface area (Å²) in [6.45, 7) is 0.166. The van der Waals surface area contributed by atoms with Gasteiger partial charge in [-0.3, -0.25) is 9.59 Å². The molecule has 0 fully saturated rings. The highest BCUT2D eigenvalue weighted by molar-refractivity contribution is 7.09. The van der Waals surface area contributed by atoms with E-state index in [2.05, 4.69) is 4.98 Å². The average Bonchev–Trinajstić information content (AvgIpc) is 3.01. The molecule has 0 aliphatic carbocycles. The third kappa shape index (κ3) is 4.79. The van der Waals surface area contributed by atoms with Crippen LogP contribution in [0.1, 0.15) is 27.5 Å². The van der Waals surface area contributed by atoms with Crippen LogP contribution in [0.5, 0.6) is 5.75 Å². The summed E-state index contributed by atoms with van der Waals surface area (Å²) >= 11 is 1.42. The molecule has 0 saturated heterocycles. The zero-order valence-corrected chi connectivity index (χ0v) is 13.8. The van der Waals surface area contributed by atoms with Crippen molar-refractivity contribution in [3.63, 3.8) is 0 Å². The van der Waals surface area contributed by atoms with Crippen LogP contribution in [0.2, 0.25) is 0 Å². The van der Waals surface area contributed by atoms with Crippen LogP contribution in [0.3, 0.4) is 0 Å². The molecule has 2 aromatic rings.